The summed E-state index contributed by atoms with van der Waals surface area (Å²) in [6.07, 6.45) is 4.58. The van der Waals surface area contributed by atoms with Gasteiger partial charge in [0.15, 0.2) is 0 Å². The summed E-state index contributed by atoms with van der Waals surface area (Å²) in [6, 6.07) is 14.9. The maximum atomic E-state index is 11.7. The van der Waals surface area contributed by atoms with Crippen molar-refractivity contribution in [3.8, 4) is 17.0 Å². The van der Waals surface area contributed by atoms with Gasteiger partial charge in [-0.15, -0.1) is 0 Å². The van der Waals surface area contributed by atoms with E-state index >= 15 is 0 Å². The van der Waals surface area contributed by atoms with Gasteiger partial charge in [-0.3, -0.25) is 9.78 Å². The molecular weight excluding hydrogens is 484 g/mol. The Balaban J connectivity index is 1.48. The van der Waals surface area contributed by atoms with Gasteiger partial charge in [0, 0.05) is 42.1 Å². The number of morpholine rings is 1. The molecule has 1 amide bonds. The van der Waals surface area contributed by atoms with Gasteiger partial charge in [0.25, 0.3) is 0 Å². The third kappa shape index (κ3) is 5.05. The van der Waals surface area contributed by atoms with Gasteiger partial charge in [-0.05, 0) is 35.9 Å². The lowest BCUT2D eigenvalue weighted by Gasteiger charge is -2.36. The fourth-order valence-corrected chi connectivity index (χ4v) is 4.41. The zero-order valence-corrected chi connectivity index (χ0v) is 20.9. The van der Waals surface area contributed by atoms with Crippen LogP contribution in [0.3, 0.4) is 0 Å². The van der Waals surface area contributed by atoms with Crippen LogP contribution in [0, 0.1) is 0 Å². The van der Waals surface area contributed by atoms with Crippen LogP contribution >= 0.6 is 0 Å². The molecule has 194 valence electrons. The maximum absolute atomic E-state index is 11.7. The molecule has 0 saturated carbocycles. The van der Waals surface area contributed by atoms with E-state index in [4.69, 9.17) is 14.5 Å². The van der Waals surface area contributed by atoms with Gasteiger partial charge in [0.2, 0.25) is 11.9 Å². The molecule has 1 fully saturated rings. The highest BCUT2D eigenvalue weighted by Crippen LogP contribution is 2.35. The molecule has 1 aliphatic heterocycles. The topological polar surface area (TPSA) is 131 Å². The number of carbonyl (C=O) groups excluding carboxylic acids is 1. The van der Waals surface area contributed by atoms with E-state index in [0.29, 0.717) is 47.4 Å². The Morgan fingerprint density at radius 3 is 2.92 bits per heavy atom. The van der Waals surface area contributed by atoms with Crippen LogP contribution in [-0.4, -0.2) is 59.4 Å². The number of aliphatic hydroxyl groups is 1. The van der Waals surface area contributed by atoms with Crippen LogP contribution in [0.2, 0.25) is 0 Å². The Morgan fingerprint density at radius 2 is 2.16 bits per heavy atom. The van der Waals surface area contributed by atoms with Crippen molar-refractivity contribution in [3.05, 3.63) is 79.1 Å². The molecule has 10 nitrogen and oxygen atoms in total. The smallest absolute Gasteiger partial charge is 0.247 e. The number of anilines is 3. The number of ether oxygens (including phenoxy) is 2. The van der Waals surface area contributed by atoms with E-state index in [9.17, 15) is 9.90 Å². The Bertz CT molecular complexity index is 1490. The van der Waals surface area contributed by atoms with E-state index in [-0.39, 0.29) is 12.5 Å². The first kappa shape index (κ1) is 25.3. The van der Waals surface area contributed by atoms with Gasteiger partial charge in [0.1, 0.15) is 11.4 Å². The normalized spacial score (nSPS) is 17.1. The van der Waals surface area contributed by atoms with Crippen LogP contribution in [0.4, 0.5) is 17.3 Å². The van der Waals surface area contributed by atoms with Crippen molar-refractivity contribution in [2.75, 3.05) is 44.0 Å². The predicted octanol–water partition coefficient (Wildman–Crippen LogP) is 3.38. The number of hydrogen-bond acceptors (Lipinski definition) is 9. The zero-order valence-electron chi connectivity index (χ0n) is 20.9. The summed E-state index contributed by atoms with van der Waals surface area (Å²) in [5.74, 6) is 0.637. The van der Waals surface area contributed by atoms with Crippen LogP contribution in [0.5, 0.6) is 5.75 Å². The lowest BCUT2D eigenvalue weighted by molar-refractivity contribution is -0.111. The van der Waals surface area contributed by atoms with Crippen molar-refractivity contribution >= 4 is 34.1 Å². The monoisotopic (exact) mass is 512 g/mol. The highest BCUT2D eigenvalue weighted by atomic mass is 16.5. The quantitative estimate of drug-likeness (QED) is 0.263. The molecule has 0 unspecified atom stereocenters. The fourth-order valence-electron chi connectivity index (χ4n) is 4.41. The van der Waals surface area contributed by atoms with Crippen LogP contribution < -0.4 is 20.7 Å². The van der Waals surface area contributed by atoms with E-state index in [0.717, 1.165) is 23.1 Å². The summed E-state index contributed by atoms with van der Waals surface area (Å²) in [6.45, 7) is 5.09. The number of para-hydroxylation sites is 1. The second kappa shape index (κ2) is 10.9. The minimum absolute atomic E-state index is 0.154. The summed E-state index contributed by atoms with van der Waals surface area (Å²) < 4.78 is 11.6. The molecule has 0 radical (unpaired) electrons. The highest BCUT2D eigenvalue weighted by Gasteiger charge is 2.35. The number of nitrogens with zero attached hydrogens (tertiary/aromatic N) is 3. The summed E-state index contributed by atoms with van der Waals surface area (Å²) in [5.41, 5.74) is 3.39. The third-order valence-corrected chi connectivity index (χ3v) is 6.40. The van der Waals surface area contributed by atoms with Gasteiger partial charge in [0.05, 0.1) is 37.2 Å². The summed E-state index contributed by atoms with van der Waals surface area (Å²) in [5, 5.41) is 20.2. The number of nitrogens with one attached hydrogen (secondary N) is 3. The number of aliphatic hydroxyl groups excluding tert-OH is 1. The molecule has 10 heteroatoms. The van der Waals surface area contributed by atoms with E-state index < -0.39 is 5.60 Å². The van der Waals surface area contributed by atoms with Crippen molar-refractivity contribution in [1.29, 1.82) is 0 Å². The SMILES string of the molecule is C=CC(=O)Nc1ccnc(-c2cccc3cnc(Nc4ccc([C@]5(CO)CNCCO5)cc4OC)nc23)c1. The van der Waals surface area contributed by atoms with Crippen molar-refractivity contribution in [3.63, 3.8) is 0 Å². The number of aromatic nitrogens is 3. The molecule has 2 aromatic carbocycles. The van der Waals surface area contributed by atoms with Gasteiger partial charge in [-0.2, -0.15) is 0 Å². The van der Waals surface area contributed by atoms with E-state index in [1.165, 1.54) is 6.08 Å². The predicted molar refractivity (Wildman–Crippen MR) is 145 cm³/mol. The van der Waals surface area contributed by atoms with Gasteiger partial charge in [-0.25, -0.2) is 9.97 Å². The molecule has 0 bridgehead atoms. The number of fused-ring (bicyclic) bond motifs is 1. The van der Waals surface area contributed by atoms with Gasteiger partial charge in [-0.1, -0.05) is 30.8 Å². The number of benzene rings is 2. The van der Waals surface area contributed by atoms with Crippen LogP contribution in [0.25, 0.3) is 22.2 Å². The molecule has 1 saturated heterocycles. The summed E-state index contributed by atoms with van der Waals surface area (Å²) >= 11 is 0. The third-order valence-electron chi connectivity index (χ3n) is 6.40. The van der Waals surface area contributed by atoms with Crippen molar-refractivity contribution in [2.24, 2.45) is 0 Å². The van der Waals surface area contributed by atoms with Gasteiger partial charge >= 0.3 is 0 Å². The zero-order chi connectivity index (χ0) is 26.5. The molecule has 2 aromatic heterocycles. The number of amides is 1. The van der Waals surface area contributed by atoms with Gasteiger partial charge < -0.3 is 30.5 Å². The van der Waals surface area contributed by atoms with Crippen LogP contribution in [0.1, 0.15) is 5.56 Å². The Hall–Kier alpha value is -4.38. The fraction of sp³-hybridized carbons (Fsp3) is 0.214. The largest absolute Gasteiger partial charge is 0.495 e. The minimum atomic E-state index is -0.828. The average molecular weight is 513 g/mol. The number of pyridine rings is 1. The van der Waals surface area contributed by atoms with E-state index in [1.807, 2.05) is 36.4 Å². The number of methoxy groups -OCH3 is 1. The first-order valence-corrected chi connectivity index (χ1v) is 12.1. The van der Waals surface area contributed by atoms with Crippen molar-refractivity contribution < 1.29 is 19.4 Å². The minimum Gasteiger partial charge on any atom is -0.495 e. The highest BCUT2D eigenvalue weighted by molar-refractivity contribution is 5.99. The number of hydrogen-bond donors (Lipinski definition) is 4. The Labute approximate surface area is 219 Å². The molecule has 5 rings (SSSR count). The molecule has 0 spiro atoms. The average Bonchev–Trinajstić information content (AvgIpc) is 2.97. The number of carbonyl (C=O) groups is 1. The molecular formula is C28H28N6O4. The lowest BCUT2D eigenvalue weighted by atomic mass is 9.92. The van der Waals surface area contributed by atoms with Crippen LogP contribution in [-0.2, 0) is 15.1 Å². The molecule has 4 aromatic rings. The lowest BCUT2D eigenvalue weighted by Crippen LogP contribution is -2.49. The second-order valence-electron chi connectivity index (χ2n) is 8.78. The molecule has 38 heavy (non-hydrogen) atoms. The Kier molecular flexibility index (Phi) is 7.27. The first-order valence-electron chi connectivity index (χ1n) is 12.1. The Morgan fingerprint density at radius 1 is 1.26 bits per heavy atom. The molecule has 4 N–H and O–H groups in total. The molecule has 1 atom stereocenters. The van der Waals surface area contributed by atoms with Crippen molar-refractivity contribution in [1.82, 2.24) is 20.3 Å². The summed E-state index contributed by atoms with van der Waals surface area (Å²) in [4.78, 5) is 25.5. The molecule has 3 heterocycles. The maximum Gasteiger partial charge on any atom is 0.247 e. The van der Waals surface area contributed by atoms with E-state index in [2.05, 4.69) is 32.5 Å². The second-order valence-corrected chi connectivity index (χ2v) is 8.78. The molecule has 1 aliphatic rings. The van der Waals surface area contributed by atoms with Crippen molar-refractivity contribution in [2.45, 2.75) is 5.60 Å². The number of rotatable bonds is 8. The standard InChI is InChI=1S/C28H28N6O4/c1-3-25(36)32-20-9-10-30-23(14-20)21-6-4-5-18-15-31-27(34-26(18)21)33-22-8-7-19(13-24(22)37-2)28(17-35)16-29-11-12-38-28/h3-10,13-15,29,35H,1,11-12,16-17H2,2H3,(H,30,32,36)(H,31,33,34)/t28-/m1/s1. The first-order chi connectivity index (χ1) is 18.5. The van der Waals surface area contributed by atoms with E-state index in [1.54, 1.807) is 31.6 Å². The summed E-state index contributed by atoms with van der Waals surface area (Å²) in [7, 11) is 1.58. The molecule has 0 aliphatic carbocycles. The van der Waals surface area contributed by atoms with Crippen LogP contribution in [0.15, 0.2) is 73.6 Å².